The molecule has 0 bridgehead atoms. The van der Waals surface area contributed by atoms with Crippen LogP contribution in [0.1, 0.15) is 23.6 Å². The van der Waals surface area contributed by atoms with E-state index >= 15 is 0 Å². The molecule has 5 rings (SSSR count). The highest BCUT2D eigenvalue weighted by molar-refractivity contribution is 5.86. The monoisotopic (exact) mass is 426 g/mol. The molecule has 4 aromatic rings. The van der Waals surface area contributed by atoms with Crippen LogP contribution < -0.4 is 4.74 Å². The fourth-order valence-electron chi connectivity index (χ4n) is 4.59. The van der Waals surface area contributed by atoms with Crippen LogP contribution in [-0.4, -0.2) is 27.0 Å². The van der Waals surface area contributed by atoms with E-state index in [0.29, 0.717) is 6.42 Å². The molecule has 1 heterocycles. The van der Waals surface area contributed by atoms with Crippen molar-refractivity contribution >= 4 is 16.9 Å². The molecule has 1 aromatic heterocycles. The normalized spacial score (nSPS) is 14.4. The number of benzene rings is 3. The van der Waals surface area contributed by atoms with Crippen LogP contribution in [0.4, 0.5) is 0 Å². The van der Waals surface area contributed by atoms with Gasteiger partial charge in [-0.1, -0.05) is 43.3 Å². The maximum absolute atomic E-state index is 11.4. The summed E-state index contributed by atoms with van der Waals surface area (Å²) in [5.74, 6) is -0.398. The molecule has 3 aromatic carbocycles. The van der Waals surface area contributed by atoms with E-state index < -0.39 is 11.9 Å². The molecule has 0 radical (unpaired) electrons. The van der Waals surface area contributed by atoms with Gasteiger partial charge >= 0.3 is 5.97 Å². The summed E-state index contributed by atoms with van der Waals surface area (Å²) in [7, 11) is 1.93. The maximum Gasteiger partial charge on any atom is 0.306 e. The second kappa shape index (κ2) is 8.15. The summed E-state index contributed by atoms with van der Waals surface area (Å²) < 4.78 is 8.39. The number of carboxylic acids is 1. The molecule has 1 aliphatic rings. The van der Waals surface area contributed by atoms with E-state index in [1.54, 1.807) is 6.92 Å². The lowest BCUT2D eigenvalue weighted by Gasteiger charge is -2.18. The van der Waals surface area contributed by atoms with E-state index in [2.05, 4.69) is 53.6 Å². The fourth-order valence-corrected chi connectivity index (χ4v) is 4.59. The summed E-state index contributed by atoms with van der Waals surface area (Å²) in [5, 5.41) is 14.8. The van der Waals surface area contributed by atoms with E-state index in [-0.39, 0.29) is 6.10 Å². The van der Waals surface area contributed by atoms with Crippen LogP contribution >= 0.6 is 0 Å². The third-order valence-corrected chi connectivity index (χ3v) is 6.37. The minimum atomic E-state index is -0.785. The molecule has 5 nitrogen and oxygen atoms in total. The Hall–Kier alpha value is -3.60. The van der Waals surface area contributed by atoms with Crippen LogP contribution in [0.25, 0.3) is 22.0 Å². The third-order valence-electron chi connectivity index (χ3n) is 6.37. The first-order valence-corrected chi connectivity index (χ1v) is 11.0. The van der Waals surface area contributed by atoms with Gasteiger partial charge in [0.25, 0.3) is 0 Å². The van der Waals surface area contributed by atoms with Gasteiger partial charge in [0.05, 0.1) is 17.6 Å². The molecule has 0 spiro atoms. The number of carboxylic acid groups (broad SMARTS) is 1. The molecule has 5 heteroatoms. The van der Waals surface area contributed by atoms with Crippen molar-refractivity contribution in [3.8, 4) is 16.9 Å². The lowest BCUT2D eigenvalue weighted by atomic mass is 9.96. The van der Waals surface area contributed by atoms with Crippen molar-refractivity contribution in [2.45, 2.75) is 32.3 Å². The van der Waals surface area contributed by atoms with Gasteiger partial charge in [0.2, 0.25) is 0 Å². The van der Waals surface area contributed by atoms with Crippen molar-refractivity contribution in [3.63, 3.8) is 0 Å². The molecule has 32 heavy (non-hydrogen) atoms. The van der Waals surface area contributed by atoms with E-state index in [0.717, 1.165) is 46.2 Å². The van der Waals surface area contributed by atoms with Crippen molar-refractivity contribution in [1.29, 1.82) is 0 Å². The van der Waals surface area contributed by atoms with Gasteiger partial charge in [0, 0.05) is 30.8 Å². The Morgan fingerprint density at radius 3 is 2.59 bits per heavy atom. The predicted octanol–water partition coefficient (Wildman–Crippen LogP) is 5.05. The molecular formula is C27H26N2O3. The first kappa shape index (κ1) is 20.3. The van der Waals surface area contributed by atoms with Gasteiger partial charge in [-0.15, -0.1) is 0 Å². The minimum absolute atomic E-state index is 0.0945. The Labute approximate surface area is 187 Å². The van der Waals surface area contributed by atoms with Crippen molar-refractivity contribution in [3.05, 3.63) is 83.6 Å². The number of carbonyl (C=O) groups is 1. The van der Waals surface area contributed by atoms with Crippen LogP contribution in [0.5, 0.6) is 5.75 Å². The number of hydrogen-bond acceptors (Lipinski definition) is 3. The average molecular weight is 427 g/mol. The summed E-state index contributed by atoms with van der Waals surface area (Å²) in [6, 6.07) is 20.8. The zero-order chi connectivity index (χ0) is 22.2. The lowest BCUT2D eigenvalue weighted by molar-refractivity contribution is -0.141. The Kier molecular flexibility index (Phi) is 5.17. The number of fused-ring (bicyclic) bond motifs is 2. The minimum Gasteiger partial charge on any atom is -0.489 e. The van der Waals surface area contributed by atoms with Gasteiger partial charge in [0.1, 0.15) is 11.9 Å². The van der Waals surface area contributed by atoms with Crippen LogP contribution in [0.3, 0.4) is 0 Å². The largest absolute Gasteiger partial charge is 0.489 e. The van der Waals surface area contributed by atoms with Gasteiger partial charge in [-0.2, -0.15) is 5.10 Å². The van der Waals surface area contributed by atoms with Crippen molar-refractivity contribution in [1.82, 2.24) is 9.78 Å². The molecular weight excluding hydrogens is 400 g/mol. The zero-order valence-electron chi connectivity index (χ0n) is 18.3. The quantitative estimate of drug-likeness (QED) is 0.469. The molecule has 0 saturated carbocycles. The number of aliphatic carboxylic acids is 1. The van der Waals surface area contributed by atoms with E-state index in [1.807, 2.05) is 30.1 Å². The molecule has 1 aliphatic carbocycles. The number of nitrogens with zero attached hydrogens (tertiary/aromatic N) is 2. The number of aromatic nitrogens is 2. The summed E-state index contributed by atoms with van der Waals surface area (Å²) >= 11 is 0. The second-order valence-electron chi connectivity index (χ2n) is 8.73. The fraction of sp³-hybridized carbons (Fsp3) is 0.259. The van der Waals surface area contributed by atoms with Gasteiger partial charge in [-0.25, -0.2) is 0 Å². The lowest BCUT2D eigenvalue weighted by Crippen LogP contribution is -2.17. The SMILES string of the molecule is CC(Cc1ccc(OC2Cc3ccccc3C2)c(-c2ccc3c(cnn3C)c2)c1)C(=O)O. The number of rotatable bonds is 6. The number of hydrogen-bond donors (Lipinski definition) is 1. The average Bonchev–Trinajstić information content (AvgIpc) is 3.37. The van der Waals surface area contributed by atoms with Crippen molar-refractivity contribution in [2.24, 2.45) is 13.0 Å². The van der Waals surface area contributed by atoms with Crippen LogP contribution in [0, 0.1) is 5.92 Å². The number of aryl methyl sites for hydroxylation is 1. The Bertz CT molecular complexity index is 1280. The van der Waals surface area contributed by atoms with Gasteiger partial charge in [0.15, 0.2) is 0 Å². The van der Waals surface area contributed by atoms with Crippen LogP contribution in [0.15, 0.2) is 66.9 Å². The zero-order valence-corrected chi connectivity index (χ0v) is 18.3. The first-order chi connectivity index (χ1) is 15.5. The summed E-state index contributed by atoms with van der Waals surface area (Å²) in [5.41, 5.74) is 6.79. The van der Waals surface area contributed by atoms with E-state index in [4.69, 9.17) is 4.74 Å². The summed E-state index contributed by atoms with van der Waals surface area (Å²) in [6.07, 6.45) is 4.23. The Morgan fingerprint density at radius 1 is 1.12 bits per heavy atom. The third kappa shape index (κ3) is 3.86. The van der Waals surface area contributed by atoms with E-state index in [9.17, 15) is 9.90 Å². The summed E-state index contributed by atoms with van der Waals surface area (Å²) in [6.45, 7) is 1.74. The second-order valence-corrected chi connectivity index (χ2v) is 8.73. The topological polar surface area (TPSA) is 64.4 Å². The molecule has 0 amide bonds. The van der Waals surface area contributed by atoms with Crippen molar-refractivity contribution in [2.75, 3.05) is 0 Å². The van der Waals surface area contributed by atoms with Gasteiger partial charge in [-0.05, 0) is 52.9 Å². The predicted molar refractivity (Wildman–Crippen MR) is 125 cm³/mol. The van der Waals surface area contributed by atoms with Crippen molar-refractivity contribution < 1.29 is 14.6 Å². The molecule has 162 valence electrons. The Morgan fingerprint density at radius 2 is 1.88 bits per heavy atom. The smallest absolute Gasteiger partial charge is 0.306 e. The molecule has 0 aliphatic heterocycles. The van der Waals surface area contributed by atoms with Crippen LogP contribution in [0.2, 0.25) is 0 Å². The molecule has 1 atom stereocenters. The Balaban J connectivity index is 1.51. The highest BCUT2D eigenvalue weighted by Crippen LogP contribution is 2.36. The molecule has 0 fully saturated rings. The first-order valence-electron chi connectivity index (χ1n) is 11.0. The molecule has 1 unspecified atom stereocenters. The highest BCUT2D eigenvalue weighted by Gasteiger charge is 2.24. The standard InChI is InChI=1S/C27H26N2O3/c1-17(27(30)31)11-18-7-10-26(32-23-14-19-5-3-4-6-20(19)15-23)24(12-18)21-8-9-25-22(13-21)16-28-29(25)2/h3-10,12-13,16-17,23H,11,14-15H2,1-2H3,(H,30,31). The highest BCUT2D eigenvalue weighted by atomic mass is 16.5. The molecule has 1 N–H and O–H groups in total. The van der Waals surface area contributed by atoms with Gasteiger partial charge < -0.3 is 9.84 Å². The van der Waals surface area contributed by atoms with E-state index in [1.165, 1.54) is 11.1 Å². The molecule has 0 saturated heterocycles. The van der Waals surface area contributed by atoms with Gasteiger partial charge in [-0.3, -0.25) is 9.48 Å². The van der Waals surface area contributed by atoms with Crippen LogP contribution in [-0.2, 0) is 31.1 Å². The number of ether oxygens (including phenoxy) is 1. The maximum atomic E-state index is 11.4. The summed E-state index contributed by atoms with van der Waals surface area (Å²) in [4.78, 5) is 11.4.